The summed E-state index contributed by atoms with van der Waals surface area (Å²) >= 11 is 0. The number of amides is 2. The van der Waals surface area contributed by atoms with E-state index in [1.165, 1.54) is 0 Å². The largest absolute Gasteiger partial charge is 0.395 e. The molecule has 0 saturated heterocycles. The van der Waals surface area contributed by atoms with Gasteiger partial charge in [0.25, 0.3) is 0 Å². The number of aromatic nitrogens is 4. The summed E-state index contributed by atoms with van der Waals surface area (Å²) in [6.45, 7) is 12.0. The standard InChI is InChI=1S/C21H25N3O3S.C17H19N3O2/c1-14-22-12-16(13-23-14)15-5-8-18-19(11-15)24(20(25)21(18,2)3)9-4-10-28(26,27)17-6-7-17;1-11-18-9-13(10-19-11)12-4-5-14-15(8-12)20(6-7-21)16(22)17(14,2)3/h5,8,11-13,17H,4,6-7,9-10H2,1-3H3;4-5,8-10,21H,6-7H2,1-3H3. The molecule has 2 aliphatic heterocycles. The number of carbonyl (C=O) groups excluding carboxylic acids is 2. The summed E-state index contributed by atoms with van der Waals surface area (Å²) in [7, 11) is -3.01. The lowest BCUT2D eigenvalue weighted by Gasteiger charge is -2.20. The zero-order valence-corrected chi connectivity index (χ0v) is 30.3. The van der Waals surface area contributed by atoms with Gasteiger partial charge < -0.3 is 14.9 Å². The van der Waals surface area contributed by atoms with Crippen LogP contribution in [0, 0.1) is 13.8 Å². The van der Waals surface area contributed by atoms with Gasteiger partial charge in [-0.1, -0.05) is 24.3 Å². The van der Waals surface area contributed by atoms with Gasteiger partial charge in [-0.25, -0.2) is 28.4 Å². The Balaban J connectivity index is 0.000000178. The number of aliphatic hydroxyl groups excluding tert-OH is 1. The molecule has 1 fully saturated rings. The fourth-order valence-electron chi connectivity index (χ4n) is 6.70. The number of sulfone groups is 1. The highest BCUT2D eigenvalue weighted by Gasteiger charge is 2.45. The van der Waals surface area contributed by atoms with Crippen LogP contribution >= 0.6 is 0 Å². The van der Waals surface area contributed by atoms with Crippen molar-refractivity contribution in [3.8, 4) is 22.3 Å². The molecule has 1 saturated carbocycles. The Hall–Kier alpha value is -4.55. The van der Waals surface area contributed by atoms with Crippen LogP contribution in [0.2, 0.25) is 0 Å². The predicted molar refractivity (Wildman–Crippen MR) is 194 cm³/mol. The van der Waals surface area contributed by atoms with E-state index in [0.717, 1.165) is 63.4 Å². The van der Waals surface area contributed by atoms with Crippen molar-refractivity contribution in [1.29, 1.82) is 0 Å². The van der Waals surface area contributed by atoms with Gasteiger partial charge in [-0.2, -0.15) is 0 Å². The molecular weight excluding hydrogens is 653 g/mol. The van der Waals surface area contributed by atoms with Crippen molar-refractivity contribution >= 4 is 33.0 Å². The third-order valence-corrected chi connectivity index (χ3v) is 12.2. The van der Waals surface area contributed by atoms with Gasteiger partial charge in [0, 0.05) is 60.4 Å². The number of hydrogen-bond donors (Lipinski definition) is 1. The van der Waals surface area contributed by atoms with Crippen LogP contribution in [-0.4, -0.2) is 76.0 Å². The number of fused-ring (bicyclic) bond motifs is 2. The lowest BCUT2D eigenvalue weighted by Crippen LogP contribution is -2.37. The van der Waals surface area contributed by atoms with Gasteiger partial charge in [0.1, 0.15) is 11.6 Å². The molecule has 7 rings (SSSR count). The molecule has 50 heavy (non-hydrogen) atoms. The number of rotatable bonds is 9. The summed E-state index contributed by atoms with van der Waals surface area (Å²) in [6.07, 6.45) is 9.13. The number of nitrogens with zero attached hydrogens (tertiary/aromatic N) is 6. The summed E-state index contributed by atoms with van der Waals surface area (Å²) in [5.74, 6) is 1.61. The zero-order chi connectivity index (χ0) is 36.0. The first-order chi connectivity index (χ1) is 23.6. The van der Waals surface area contributed by atoms with Crippen molar-refractivity contribution in [3.05, 3.63) is 84.0 Å². The number of benzene rings is 2. The molecule has 1 aliphatic carbocycles. The monoisotopic (exact) mass is 696 g/mol. The number of aliphatic hydroxyl groups is 1. The number of hydrogen-bond acceptors (Lipinski definition) is 9. The molecule has 12 heteroatoms. The van der Waals surface area contributed by atoms with Crippen LogP contribution in [-0.2, 0) is 30.3 Å². The van der Waals surface area contributed by atoms with Crippen LogP contribution in [0.3, 0.4) is 0 Å². The van der Waals surface area contributed by atoms with E-state index in [2.05, 4.69) is 19.9 Å². The van der Waals surface area contributed by atoms with Gasteiger partial charge in [0.15, 0.2) is 9.84 Å². The van der Waals surface area contributed by atoms with E-state index in [9.17, 15) is 23.1 Å². The highest BCUT2D eigenvalue weighted by atomic mass is 32.2. The molecule has 2 amide bonds. The first-order valence-electron chi connectivity index (χ1n) is 17.0. The Bertz CT molecular complexity index is 2040. The van der Waals surface area contributed by atoms with Crippen molar-refractivity contribution < 1.29 is 23.1 Å². The van der Waals surface area contributed by atoms with Crippen molar-refractivity contribution in [2.45, 2.75) is 76.9 Å². The fraction of sp³-hybridized carbons (Fsp3) is 0.421. The number of carbonyl (C=O) groups is 2. The van der Waals surface area contributed by atoms with Crippen LogP contribution in [0.25, 0.3) is 22.3 Å². The summed E-state index contributed by atoms with van der Waals surface area (Å²) in [5.41, 5.74) is 6.21. The van der Waals surface area contributed by atoms with Crippen LogP contribution in [0.5, 0.6) is 0 Å². The molecule has 0 unspecified atom stereocenters. The first-order valence-corrected chi connectivity index (χ1v) is 18.7. The Morgan fingerprint density at radius 1 is 0.700 bits per heavy atom. The van der Waals surface area contributed by atoms with E-state index < -0.39 is 20.7 Å². The molecule has 1 N–H and O–H groups in total. The highest BCUT2D eigenvalue weighted by molar-refractivity contribution is 7.92. The van der Waals surface area contributed by atoms with Gasteiger partial charge in [-0.15, -0.1) is 0 Å². The molecule has 262 valence electrons. The second-order valence-corrected chi connectivity index (χ2v) is 16.7. The Labute approximate surface area is 293 Å². The van der Waals surface area contributed by atoms with Crippen LogP contribution in [0.1, 0.15) is 69.7 Å². The summed E-state index contributed by atoms with van der Waals surface area (Å²) in [5, 5.41) is 9.09. The topological polar surface area (TPSA) is 147 Å². The highest BCUT2D eigenvalue weighted by Crippen LogP contribution is 2.44. The molecule has 4 heterocycles. The second kappa shape index (κ2) is 13.3. The minimum atomic E-state index is -3.01. The smallest absolute Gasteiger partial charge is 0.237 e. The van der Waals surface area contributed by atoms with E-state index in [1.54, 1.807) is 34.6 Å². The van der Waals surface area contributed by atoms with Crippen LogP contribution in [0.4, 0.5) is 11.4 Å². The van der Waals surface area contributed by atoms with Crippen molar-refractivity contribution in [2.75, 3.05) is 35.2 Å². The Morgan fingerprint density at radius 3 is 1.52 bits per heavy atom. The van der Waals surface area contributed by atoms with E-state index in [1.807, 2.05) is 77.9 Å². The van der Waals surface area contributed by atoms with Gasteiger partial charge in [0.05, 0.1) is 28.4 Å². The van der Waals surface area contributed by atoms with Gasteiger partial charge >= 0.3 is 0 Å². The summed E-state index contributed by atoms with van der Waals surface area (Å²) < 4.78 is 24.3. The van der Waals surface area contributed by atoms with Crippen molar-refractivity contribution in [3.63, 3.8) is 0 Å². The third-order valence-electron chi connectivity index (χ3n) is 9.88. The van der Waals surface area contributed by atoms with Gasteiger partial charge in [-0.05, 0) is 95.2 Å². The Morgan fingerprint density at radius 2 is 1.12 bits per heavy atom. The maximum atomic E-state index is 13.0. The molecule has 0 spiro atoms. The summed E-state index contributed by atoms with van der Waals surface area (Å²) in [4.78, 5) is 45.9. The Kier molecular flexibility index (Phi) is 9.38. The predicted octanol–water partition coefficient (Wildman–Crippen LogP) is 5.11. The maximum absolute atomic E-state index is 13.0. The average molecular weight is 697 g/mol. The minimum Gasteiger partial charge on any atom is -0.395 e. The molecule has 4 aromatic rings. The lowest BCUT2D eigenvalue weighted by molar-refractivity contribution is -0.122. The minimum absolute atomic E-state index is 0.0172. The quantitative estimate of drug-likeness (QED) is 0.252. The number of aryl methyl sites for hydroxylation is 2. The first kappa shape index (κ1) is 35.3. The van der Waals surface area contributed by atoms with E-state index in [-0.39, 0.29) is 29.4 Å². The zero-order valence-electron chi connectivity index (χ0n) is 29.5. The molecular formula is C38H44N6O5S. The van der Waals surface area contributed by atoms with Gasteiger partial charge in [-0.3, -0.25) is 9.59 Å². The van der Waals surface area contributed by atoms with Crippen molar-refractivity contribution in [2.24, 2.45) is 0 Å². The molecule has 2 aromatic carbocycles. The van der Waals surface area contributed by atoms with E-state index in [0.29, 0.717) is 25.3 Å². The fourth-order valence-corrected chi connectivity index (χ4v) is 8.41. The molecule has 0 bridgehead atoms. The van der Waals surface area contributed by atoms with E-state index in [4.69, 9.17) is 0 Å². The summed E-state index contributed by atoms with van der Waals surface area (Å²) in [6, 6.07) is 11.9. The second-order valence-electron chi connectivity index (χ2n) is 14.3. The molecule has 0 atom stereocenters. The molecule has 3 aliphatic rings. The van der Waals surface area contributed by atoms with Crippen molar-refractivity contribution in [1.82, 2.24) is 19.9 Å². The molecule has 2 aromatic heterocycles. The van der Waals surface area contributed by atoms with Gasteiger partial charge in [0.2, 0.25) is 11.8 Å². The average Bonchev–Trinajstić information content (AvgIpc) is 3.91. The lowest BCUT2D eigenvalue weighted by atomic mass is 9.85. The normalized spacial score (nSPS) is 17.3. The third kappa shape index (κ3) is 6.66. The maximum Gasteiger partial charge on any atom is 0.237 e. The van der Waals surface area contributed by atoms with Crippen LogP contribution in [0.15, 0.2) is 61.2 Å². The van der Waals surface area contributed by atoms with E-state index >= 15 is 0 Å². The number of anilines is 2. The van der Waals surface area contributed by atoms with Crippen LogP contribution < -0.4 is 9.80 Å². The SMILES string of the molecule is Cc1ncc(-c2ccc3c(c2)N(CCCS(=O)(=O)C2CC2)C(=O)C3(C)C)cn1.Cc1ncc(-c2ccc3c(c2)N(CCO)C(=O)C3(C)C)cn1. The molecule has 11 nitrogen and oxygen atoms in total. The number of β-amino-alcohol motifs (C(OH)–C–C–N with tert-alkyl or cyclic N) is 1. The molecule has 0 radical (unpaired) electrons.